The lowest BCUT2D eigenvalue weighted by molar-refractivity contribution is 0.122. The zero-order valence-electron chi connectivity index (χ0n) is 10.4. The Morgan fingerprint density at radius 2 is 2.12 bits per heavy atom. The van der Waals surface area contributed by atoms with Crippen molar-refractivity contribution in [2.75, 3.05) is 31.2 Å². The van der Waals surface area contributed by atoms with Crippen molar-refractivity contribution in [1.29, 1.82) is 0 Å². The fraction of sp³-hybridized carbons (Fsp3) is 0.667. The van der Waals surface area contributed by atoms with Crippen molar-refractivity contribution in [3.63, 3.8) is 0 Å². The molecule has 0 aromatic carbocycles. The van der Waals surface area contributed by atoms with E-state index in [1.807, 2.05) is 4.90 Å². The number of aromatic nitrogens is 2. The third-order valence-electron chi connectivity index (χ3n) is 2.77. The number of hydrogen-bond acceptors (Lipinski definition) is 4. The van der Waals surface area contributed by atoms with E-state index in [0.29, 0.717) is 24.9 Å². The first-order valence-corrected chi connectivity index (χ1v) is 6.06. The Labute approximate surface area is 101 Å². The highest BCUT2D eigenvalue weighted by atomic mass is 16.5. The Morgan fingerprint density at radius 1 is 1.41 bits per heavy atom. The van der Waals surface area contributed by atoms with Gasteiger partial charge in [0.05, 0.1) is 13.2 Å². The molecule has 94 valence electrons. The van der Waals surface area contributed by atoms with Gasteiger partial charge >= 0.3 is 0 Å². The van der Waals surface area contributed by atoms with Crippen molar-refractivity contribution in [1.82, 2.24) is 9.55 Å². The summed E-state index contributed by atoms with van der Waals surface area (Å²) in [7, 11) is 0. The summed E-state index contributed by atoms with van der Waals surface area (Å²) in [4.78, 5) is 18.4. The van der Waals surface area contributed by atoms with Gasteiger partial charge in [-0.3, -0.25) is 4.79 Å². The van der Waals surface area contributed by atoms with Gasteiger partial charge < -0.3 is 14.2 Å². The van der Waals surface area contributed by atoms with E-state index in [-0.39, 0.29) is 5.56 Å². The Morgan fingerprint density at radius 3 is 2.76 bits per heavy atom. The molecule has 17 heavy (non-hydrogen) atoms. The SMILES string of the molecule is CC(C)Cn1ccnc(N2CCOCC2)c1=O. The molecule has 1 fully saturated rings. The van der Waals surface area contributed by atoms with Crippen LogP contribution in [-0.2, 0) is 11.3 Å². The third-order valence-corrected chi connectivity index (χ3v) is 2.77. The molecule has 0 aliphatic carbocycles. The average Bonchev–Trinajstić information content (AvgIpc) is 2.32. The topological polar surface area (TPSA) is 47.4 Å². The van der Waals surface area contributed by atoms with Gasteiger partial charge in [-0.05, 0) is 5.92 Å². The van der Waals surface area contributed by atoms with Crippen LogP contribution in [0.5, 0.6) is 0 Å². The maximum Gasteiger partial charge on any atom is 0.293 e. The first-order chi connectivity index (χ1) is 8.18. The Hall–Kier alpha value is -1.36. The molecule has 0 bridgehead atoms. The molecule has 0 amide bonds. The van der Waals surface area contributed by atoms with Gasteiger partial charge in [-0.2, -0.15) is 0 Å². The van der Waals surface area contributed by atoms with Crippen LogP contribution in [0.3, 0.4) is 0 Å². The molecule has 5 nitrogen and oxygen atoms in total. The highest BCUT2D eigenvalue weighted by Gasteiger charge is 2.16. The molecule has 0 spiro atoms. The predicted molar refractivity (Wildman–Crippen MR) is 66.4 cm³/mol. The minimum Gasteiger partial charge on any atom is -0.378 e. The lowest BCUT2D eigenvalue weighted by atomic mass is 10.2. The zero-order valence-corrected chi connectivity index (χ0v) is 10.4. The van der Waals surface area contributed by atoms with Gasteiger partial charge in [0.2, 0.25) is 0 Å². The molecule has 0 radical (unpaired) electrons. The molecule has 1 saturated heterocycles. The van der Waals surface area contributed by atoms with Gasteiger partial charge in [0, 0.05) is 32.0 Å². The van der Waals surface area contributed by atoms with Gasteiger partial charge in [-0.1, -0.05) is 13.8 Å². The minimum atomic E-state index is 0.00287. The van der Waals surface area contributed by atoms with E-state index in [1.165, 1.54) is 0 Å². The third kappa shape index (κ3) is 2.85. The molecule has 1 aromatic rings. The van der Waals surface area contributed by atoms with Gasteiger partial charge in [0.25, 0.3) is 5.56 Å². The van der Waals surface area contributed by atoms with Gasteiger partial charge in [-0.15, -0.1) is 0 Å². The summed E-state index contributed by atoms with van der Waals surface area (Å²) < 4.78 is 7.02. The van der Waals surface area contributed by atoms with Crippen LogP contribution in [-0.4, -0.2) is 35.9 Å². The zero-order chi connectivity index (χ0) is 12.3. The summed E-state index contributed by atoms with van der Waals surface area (Å²) in [5.41, 5.74) is 0.00287. The standard InChI is InChI=1S/C12H19N3O2/c1-10(2)9-15-4-3-13-11(12(15)16)14-5-7-17-8-6-14/h3-4,10H,5-9H2,1-2H3. The summed E-state index contributed by atoms with van der Waals surface area (Å²) in [6.45, 7) is 7.75. The van der Waals surface area contributed by atoms with Crippen molar-refractivity contribution in [3.05, 3.63) is 22.7 Å². The second-order valence-electron chi connectivity index (χ2n) is 4.70. The summed E-state index contributed by atoms with van der Waals surface area (Å²) in [5.74, 6) is 1.00. The Balaban J connectivity index is 2.25. The summed E-state index contributed by atoms with van der Waals surface area (Å²) >= 11 is 0. The van der Waals surface area contributed by atoms with Crippen LogP contribution in [0.2, 0.25) is 0 Å². The molecular weight excluding hydrogens is 218 g/mol. The Bertz CT molecular complexity index is 422. The van der Waals surface area contributed by atoms with Crippen LogP contribution >= 0.6 is 0 Å². The molecule has 1 aliphatic heterocycles. The van der Waals surface area contributed by atoms with E-state index in [2.05, 4.69) is 18.8 Å². The predicted octanol–water partition coefficient (Wildman–Crippen LogP) is 0.736. The number of nitrogens with zero attached hydrogens (tertiary/aromatic N) is 3. The quantitative estimate of drug-likeness (QED) is 0.778. The lowest BCUT2D eigenvalue weighted by Crippen LogP contribution is -2.41. The van der Waals surface area contributed by atoms with Crippen LogP contribution in [0.25, 0.3) is 0 Å². The number of morpholine rings is 1. The van der Waals surface area contributed by atoms with Crippen molar-refractivity contribution in [2.24, 2.45) is 5.92 Å². The fourth-order valence-corrected chi connectivity index (χ4v) is 1.96. The number of anilines is 1. The molecule has 2 rings (SSSR count). The van der Waals surface area contributed by atoms with Crippen molar-refractivity contribution >= 4 is 5.82 Å². The molecule has 0 N–H and O–H groups in total. The van der Waals surface area contributed by atoms with E-state index in [1.54, 1.807) is 17.0 Å². The minimum absolute atomic E-state index is 0.00287. The average molecular weight is 237 g/mol. The fourth-order valence-electron chi connectivity index (χ4n) is 1.96. The molecule has 5 heteroatoms. The summed E-state index contributed by atoms with van der Waals surface area (Å²) in [6, 6.07) is 0. The maximum atomic E-state index is 12.2. The van der Waals surface area contributed by atoms with Gasteiger partial charge in [0.1, 0.15) is 0 Å². The van der Waals surface area contributed by atoms with Crippen molar-refractivity contribution < 1.29 is 4.74 Å². The van der Waals surface area contributed by atoms with Crippen molar-refractivity contribution in [2.45, 2.75) is 20.4 Å². The largest absolute Gasteiger partial charge is 0.378 e. The van der Waals surface area contributed by atoms with Crippen LogP contribution < -0.4 is 10.5 Å². The van der Waals surface area contributed by atoms with E-state index in [9.17, 15) is 4.79 Å². The highest BCUT2D eigenvalue weighted by Crippen LogP contribution is 2.07. The molecule has 1 aliphatic rings. The van der Waals surface area contributed by atoms with E-state index in [0.717, 1.165) is 19.6 Å². The summed E-state index contributed by atoms with van der Waals surface area (Å²) in [5, 5.41) is 0. The molecular formula is C12H19N3O2. The first kappa shape index (κ1) is 12.1. The van der Waals surface area contributed by atoms with Crippen LogP contribution in [0.15, 0.2) is 17.2 Å². The first-order valence-electron chi connectivity index (χ1n) is 6.06. The smallest absolute Gasteiger partial charge is 0.293 e. The van der Waals surface area contributed by atoms with Crippen LogP contribution in [0.4, 0.5) is 5.82 Å². The molecule has 0 unspecified atom stereocenters. The number of hydrogen-bond donors (Lipinski definition) is 0. The highest BCUT2D eigenvalue weighted by molar-refractivity contribution is 5.35. The molecule has 2 heterocycles. The van der Waals surface area contributed by atoms with E-state index < -0.39 is 0 Å². The second-order valence-corrected chi connectivity index (χ2v) is 4.70. The number of rotatable bonds is 3. The van der Waals surface area contributed by atoms with E-state index in [4.69, 9.17) is 4.74 Å². The molecule has 0 saturated carbocycles. The summed E-state index contributed by atoms with van der Waals surface area (Å²) in [6.07, 6.45) is 3.46. The molecule has 1 aromatic heterocycles. The van der Waals surface area contributed by atoms with E-state index >= 15 is 0 Å². The lowest BCUT2D eigenvalue weighted by Gasteiger charge is -2.27. The monoisotopic (exact) mass is 237 g/mol. The Kier molecular flexibility index (Phi) is 3.78. The number of ether oxygens (including phenoxy) is 1. The van der Waals surface area contributed by atoms with Gasteiger partial charge in [-0.25, -0.2) is 4.98 Å². The normalized spacial score (nSPS) is 16.5. The van der Waals surface area contributed by atoms with Crippen LogP contribution in [0.1, 0.15) is 13.8 Å². The van der Waals surface area contributed by atoms with Crippen LogP contribution in [0, 0.1) is 5.92 Å². The van der Waals surface area contributed by atoms with Gasteiger partial charge in [0.15, 0.2) is 5.82 Å². The maximum absolute atomic E-state index is 12.2. The second kappa shape index (κ2) is 5.31. The molecule has 0 atom stereocenters. The van der Waals surface area contributed by atoms with Crippen molar-refractivity contribution in [3.8, 4) is 0 Å².